The van der Waals surface area contributed by atoms with Gasteiger partial charge in [0, 0.05) is 99.6 Å². The van der Waals surface area contributed by atoms with Gasteiger partial charge in [-0.05, 0) is 89.0 Å². The third kappa shape index (κ3) is 10.4. The van der Waals surface area contributed by atoms with Gasteiger partial charge >= 0.3 is 11.8 Å². The molecule has 2 aliphatic carbocycles. The lowest BCUT2D eigenvalue weighted by molar-refractivity contribution is -0.160. The fraction of sp³-hybridized carbons (Fsp3) is 0.533. The number of ether oxygens (including phenoxy) is 4. The Morgan fingerprint density at radius 2 is 1.52 bits per heavy atom. The van der Waals surface area contributed by atoms with Crippen molar-refractivity contribution in [3.63, 3.8) is 0 Å². The molecular formula is C60H74FN5O13. The molecule has 1 unspecified atom stereocenters. The summed E-state index contributed by atoms with van der Waals surface area (Å²) in [6.07, 6.45) is 8.43. The first-order chi connectivity index (χ1) is 37.4. The van der Waals surface area contributed by atoms with E-state index < -0.39 is 106 Å². The number of Topliss-reactive ketones (excluding diaryl/α,β-unsaturated/α-hetero) is 3. The van der Waals surface area contributed by atoms with Crippen molar-refractivity contribution in [3.8, 4) is 11.5 Å². The van der Waals surface area contributed by atoms with E-state index in [4.69, 9.17) is 18.9 Å². The number of allylic oxidation sites excluding steroid dienone is 4. The third-order valence-corrected chi connectivity index (χ3v) is 17.4. The van der Waals surface area contributed by atoms with Crippen molar-refractivity contribution >= 4 is 40.4 Å². The molecule has 79 heavy (non-hydrogen) atoms. The number of phenols is 1. The van der Waals surface area contributed by atoms with Crippen LogP contribution in [0.15, 0.2) is 64.6 Å². The highest BCUT2D eigenvalue weighted by molar-refractivity contribution is 6.32. The van der Waals surface area contributed by atoms with Gasteiger partial charge in [-0.25, -0.2) is 4.39 Å². The van der Waals surface area contributed by atoms with E-state index in [1.165, 1.54) is 63.8 Å². The van der Waals surface area contributed by atoms with Crippen molar-refractivity contribution in [3.05, 3.63) is 115 Å². The first kappa shape index (κ1) is 57.0. The Morgan fingerprint density at radius 1 is 0.848 bits per heavy atom. The first-order valence-corrected chi connectivity index (χ1v) is 27.5. The molecule has 0 spiro atoms. The second kappa shape index (κ2) is 22.1. The summed E-state index contributed by atoms with van der Waals surface area (Å²) in [6.45, 7) is 17.6. The minimum absolute atomic E-state index is 0.0180. The summed E-state index contributed by atoms with van der Waals surface area (Å²) >= 11 is 0. The molecule has 424 valence electrons. The third-order valence-electron chi connectivity index (χ3n) is 17.4. The predicted octanol–water partition coefficient (Wildman–Crippen LogP) is 6.54. The van der Waals surface area contributed by atoms with Crippen LogP contribution in [-0.2, 0) is 23.8 Å². The monoisotopic (exact) mass is 1090 g/mol. The van der Waals surface area contributed by atoms with Crippen LogP contribution in [0.3, 0.4) is 0 Å². The van der Waals surface area contributed by atoms with Gasteiger partial charge in [0.1, 0.15) is 29.0 Å². The molecule has 10 rings (SSSR count). The zero-order valence-corrected chi connectivity index (χ0v) is 46.9. The van der Waals surface area contributed by atoms with E-state index in [0.29, 0.717) is 43.1 Å². The maximum absolute atomic E-state index is 16.1. The van der Waals surface area contributed by atoms with Gasteiger partial charge in [0.25, 0.3) is 17.2 Å². The van der Waals surface area contributed by atoms with Crippen LogP contribution in [0.25, 0.3) is 5.52 Å². The van der Waals surface area contributed by atoms with Crippen LogP contribution in [0.2, 0.25) is 0 Å². The number of aromatic nitrogens is 1. The van der Waals surface area contributed by atoms with Crippen molar-refractivity contribution in [2.24, 2.45) is 23.7 Å². The minimum Gasteiger partial charge on any atom is -0.507 e. The number of carbonyl (C=O) groups excluding carboxylic acids is 5. The number of anilines is 1. The molecule has 18 nitrogen and oxygen atoms in total. The number of aromatic hydroxyl groups is 1. The molecule has 2 aromatic heterocycles. The van der Waals surface area contributed by atoms with Crippen molar-refractivity contribution < 1.29 is 62.6 Å². The van der Waals surface area contributed by atoms with Crippen LogP contribution in [-0.4, -0.2) is 129 Å². The van der Waals surface area contributed by atoms with Gasteiger partial charge in [-0.3, -0.25) is 33.2 Å². The average Bonchev–Trinajstić information content (AvgIpc) is 4.01. The van der Waals surface area contributed by atoms with Crippen LogP contribution < -0.4 is 25.8 Å². The predicted molar refractivity (Wildman–Crippen MR) is 292 cm³/mol. The van der Waals surface area contributed by atoms with E-state index in [1.807, 2.05) is 17.9 Å². The highest BCUT2D eigenvalue weighted by Crippen LogP contribution is 2.50. The fourth-order valence-corrected chi connectivity index (χ4v) is 12.6. The number of rotatable bonds is 7. The Kier molecular flexibility index (Phi) is 16.0. The summed E-state index contributed by atoms with van der Waals surface area (Å²) < 4.78 is 41.4. The van der Waals surface area contributed by atoms with Crippen molar-refractivity contribution in [2.45, 2.75) is 150 Å². The molecule has 1 amide bonds. The number of ketones is 3. The van der Waals surface area contributed by atoms with Crippen molar-refractivity contribution in [1.82, 2.24) is 19.9 Å². The number of methoxy groups -OCH3 is 1. The minimum atomic E-state index is -2.13. The number of nitrogens with one attached hydrogen (secondary N) is 2. The molecule has 10 atom stereocenters. The molecule has 3 fully saturated rings. The standard InChI is InChI=1S/C60H74FN5O13/c1-28-13-12-14-29(2)58(74)63-46-49(64-21-17-38(18-22-64)62-39-19-23-65(26-39)48-32(5)47-40(37-15-16-37)25-30(3)59(75)66(47)27-41(48)61)54(72)43-44(53(46)71)52(70)35(8)56-45(43)57(73)60(10,79-56)77-24-20-42(76-11)31(4)55(78-36(9)67)34(7)51(69)33(6)50(28)68/h12-14,20,24-25,27-28,31,33-34,37-39,42,50-51,55,62,68-70H,15-19,21-23,26H2,1-11H3,(H,63,74)/b13-12+,24-20+,29-14-/t28-,31+,33+,34+,39?,42-,50-,51+,55+,60-/m0/s1. The number of carbonyl (C=O) groups is 5. The molecule has 1 saturated carbocycles. The fourth-order valence-electron chi connectivity index (χ4n) is 12.6. The number of phenolic OH excluding ortho intramolecular Hbond substituents is 1. The van der Waals surface area contributed by atoms with Crippen LogP contribution in [0.5, 0.6) is 11.5 Å². The lowest BCUT2D eigenvalue weighted by Crippen LogP contribution is -2.49. The quantitative estimate of drug-likeness (QED) is 0.158. The van der Waals surface area contributed by atoms with E-state index in [1.54, 1.807) is 51.7 Å². The van der Waals surface area contributed by atoms with Crippen LogP contribution >= 0.6 is 0 Å². The van der Waals surface area contributed by atoms with Gasteiger partial charge < -0.3 is 54.7 Å². The summed E-state index contributed by atoms with van der Waals surface area (Å²) in [5.74, 6) is -9.52. The van der Waals surface area contributed by atoms with Crippen molar-refractivity contribution in [1.29, 1.82) is 0 Å². The number of aliphatic hydroxyl groups excluding tert-OH is 2. The number of benzene rings is 1. The van der Waals surface area contributed by atoms with Gasteiger partial charge in [-0.2, -0.15) is 0 Å². The maximum Gasteiger partial charge on any atom is 0.312 e. The van der Waals surface area contributed by atoms with Crippen molar-refractivity contribution in [2.75, 3.05) is 38.2 Å². The number of likely N-dealkylation sites (tertiary alicyclic amines) is 1. The number of nitrogens with zero attached hydrogens (tertiary/aromatic N) is 3. The lowest BCUT2D eigenvalue weighted by atomic mass is 9.78. The number of aliphatic hydroxyl groups is 2. The van der Waals surface area contributed by atoms with Gasteiger partial charge in [0.15, 0.2) is 5.82 Å². The largest absolute Gasteiger partial charge is 0.507 e. The van der Waals surface area contributed by atoms with Gasteiger partial charge in [-0.15, -0.1) is 0 Å². The number of amides is 1. The number of fused-ring (bicyclic) bond motifs is 15. The summed E-state index contributed by atoms with van der Waals surface area (Å²) in [5.41, 5.74) is 1.85. The molecule has 7 aliphatic rings. The first-order valence-electron chi connectivity index (χ1n) is 27.5. The molecule has 5 bridgehead atoms. The van der Waals surface area contributed by atoms with Gasteiger partial charge in [0.05, 0.1) is 58.7 Å². The highest BCUT2D eigenvalue weighted by Gasteiger charge is 2.53. The zero-order valence-electron chi connectivity index (χ0n) is 46.9. The number of aryl methyl sites for hydroxylation is 2. The molecule has 3 aromatic rings. The second-order valence-corrected chi connectivity index (χ2v) is 22.9. The Balaban J connectivity index is 1.02. The molecule has 7 heterocycles. The normalized spacial score (nSPS) is 30.8. The molecule has 19 heteroatoms. The number of hydrogen-bond donors (Lipinski definition) is 5. The number of hydrogen-bond acceptors (Lipinski definition) is 16. The van der Waals surface area contributed by atoms with E-state index in [0.717, 1.165) is 35.9 Å². The smallest absolute Gasteiger partial charge is 0.312 e. The summed E-state index contributed by atoms with van der Waals surface area (Å²) in [6, 6.07) is 1.88. The Hall–Kier alpha value is -6.67. The van der Waals surface area contributed by atoms with E-state index >= 15 is 14.0 Å². The van der Waals surface area contributed by atoms with E-state index in [-0.39, 0.29) is 64.6 Å². The second-order valence-electron chi connectivity index (χ2n) is 22.9. The van der Waals surface area contributed by atoms with Gasteiger partial charge in [0.2, 0.25) is 11.6 Å². The van der Waals surface area contributed by atoms with Crippen LogP contribution in [0.4, 0.5) is 10.1 Å². The Bertz CT molecular complexity index is 3200. The summed E-state index contributed by atoms with van der Waals surface area (Å²) in [4.78, 5) is 88.8. The van der Waals surface area contributed by atoms with Crippen LogP contribution in [0, 0.1) is 50.3 Å². The number of halogens is 1. The zero-order chi connectivity index (χ0) is 57.3. The number of pyridine rings is 2. The molecule has 2 saturated heterocycles. The Labute approximate surface area is 459 Å². The molecule has 1 aromatic carbocycles. The molecular weight excluding hydrogens is 1020 g/mol. The lowest BCUT2D eigenvalue weighted by Gasteiger charge is -2.38. The van der Waals surface area contributed by atoms with E-state index in [2.05, 4.69) is 10.6 Å². The molecule has 5 aliphatic heterocycles. The SMILES string of the molecule is CO[C@H]1/C=C/O[C@@]2(C)Oc3c(C)c(O)c4c(c3C2=O)C(=O)C(N2CCC(NC3CCN(c5c(F)cn6c(=O)c(C)cc(C7CC7)c6c5C)C3)CC2)=C(NC(=O)/C(C)=C\C=C\[C@H](C)[C@H](O)[C@@H](C)[C@@H](O)[C@@H](C)[C@H](OC(C)=O)[C@@H]1C)C4=O. The average molecular weight is 1090 g/mol. The number of esters is 1. The Morgan fingerprint density at radius 3 is 2.18 bits per heavy atom. The topological polar surface area (TPSA) is 235 Å². The van der Waals surface area contributed by atoms with E-state index in [9.17, 15) is 34.5 Å². The molecule has 0 radical (unpaired) electrons. The molecule has 5 N–H and O–H groups in total. The summed E-state index contributed by atoms with van der Waals surface area (Å²) in [5, 5.41) is 41.5. The maximum atomic E-state index is 16.1. The summed E-state index contributed by atoms with van der Waals surface area (Å²) in [7, 11) is 1.43. The van der Waals surface area contributed by atoms with Crippen LogP contribution in [0.1, 0.15) is 140 Å². The van der Waals surface area contributed by atoms with Gasteiger partial charge in [-0.1, -0.05) is 45.9 Å². The number of piperidine rings is 1. The highest BCUT2D eigenvalue weighted by atomic mass is 19.1.